The lowest BCUT2D eigenvalue weighted by atomic mass is 9.58. The predicted molar refractivity (Wildman–Crippen MR) is 314 cm³/mol. The van der Waals surface area contributed by atoms with Gasteiger partial charge in [0.2, 0.25) is 0 Å². The van der Waals surface area contributed by atoms with Crippen LogP contribution in [0.15, 0.2) is 243 Å². The summed E-state index contributed by atoms with van der Waals surface area (Å²) in [5.74, 6) is 1.51. The predicted octanol–water partition coefficient (Wildman–Crippen LogP) is 16.0. The Labute approximate surface area is 459 Å². The summed E-state index contributed by atoms with van der Waals surface area (Å²) >= 11 is 0. The molecule has 4 aliphatic rings. The van der Waals surface area contributed by atoms with Crippen molar-refractivity contribution in [3.63, 3.8) is 0 Å². The summed E-state index contributed by atoms with van der Waals surface area (Å²) in [5.41, 5.74) is 9.54. The monoisotopic (exact) mass is 1020 g/mol. The van der Waals surface area contributed by atoms with Crippen LogP contribution in [0.25, 0.3) is 21.5 Å². The Kier molecular flexibility index (Phi) is 12.5. The molecule has 0 bridgehead atoms. The van der Waals surface area contributed by atoms with Crippen LogP contribution in [-0.4, -0.2) is 28.5 Å². The normalized spacial score (nSPS) is 23.0. The van der Waals surface area contributed by atoms with Crippen LogP contribution in [0.2, 0.25) is 0 Å². The summed E-state index contributed by atoms with van der Waals surface area (Å²) in [6.45, 7) is 8.81. The smallest absolute Gasteiger partial charge is 0.467 e. The van der Waals surface area contributed by atoms with Gasteiger partial charge in [-0.1, -0.05) is 218 Å². The molecule has 0 spiro atoms. The highest BCUT2D eigenvalue weighted by molar-refractivity contribution is 6.49. The number of benzene rings is 10. The van der Waals surface area contributed by atoms with Crippen molar-refractivity contribution in [3.8, 4) is 11.5 Å². The van der Waals surface area contributed by atoms with E-state index in [1.165, 1.54) is 77.2 Å². The summed E-state index contributed by atoms with van der Waals surface area (Å²) < 4.78 is 39.7. The van der Waals surface area contributed by atoms with E-state index in [1.54, 1.807) is 14.2 Å². The van der Waals surface area contributed by atoms with Gasteiger partial charge in [-0.2, -0.15) is 0 Å². The van der Waals surface area contributed by atoms with E-state index in [1.807, 2.05) is 24.3 Å². The second-order valence-corrected chi connectivity index (χ2v) is 22.0. The first-order valence-electron chi connectivity index (χ1n) is 27.3. The van der Waals surface area contributed by atoms with Crippen molar-refractivity contribution >= 4 is 35.8 Å². The molecule has 0 amide bonds. The van der Waals surface area contributed by atoms with E-state index in [9.17, 15) is 0 Å². The van der Waals surface area contributed by atoms with Crippen LogP contribution in [0.4, 0.5) is 0 Å². The van der Waals surface area contributed by atoms with Crippen LogP contribution in [0.1, 0.15) is 107 Å². The van der Waals surface area contributed by atoms with E-state index in [0.29, 0.717) is 0 Å². The Morgan fingerprint density at radius 1 is 0.295 bits per heavy atom. The van der Waals surface area contributed by atoms with Crippen molar-refractivity contribution in [2.75, 3.05) is 14.2 Å². The average Bonchev–Trinajstić information content (AvgIpc) is 4.03. The minimum Gasteiger partial charge on any atom is -0.497 e. The molecule has 2 fully saturated rings. The van der Waals surface area contributed by atoms with E-state index < -0.39 is 36.6 Å². The molecule has 0 radical (unpaired) electrons. The lowest BCUT2D eigenvalue weighted by Gasteiger charge is -2.34. The van der Waals surface area contributed by atoms with Gasteiger partial charge in [0.1, 0.15) is 33.9 Å². The highest BCUT2D eigenvalue weighted by Gasteiger charge is 2.66. The third-order valence-corrected chi connectivity index (χ3v) is 18.0. The lowest BCUT2D eigenvalue weighted by Crippen LogP contribution is -2.38. The minimum atomic E-state index is -0.616. The third-order valence-electron chi connectivity index (χ3n) is 18.0. The fraction of sp³-hybridized carbons (Fsp3) is 0.200. The van der Waals surface area contributed by atoms with E-state index in [4.69, 9.17) is 28.1 Å². The fourth-order valence-electron chi connectivity index (χ4n) is 13.8. The van der Waals surface area contributed by atoms with E-state index in [0.717, 1.165) is 11.5 Å². The SMILES string of the molecule is COc1ccc([C@@H](c2ccccc2)[C@@H](B2O[C@@]3(C)c4cccc5cccc(c45)[C@@]3(C)O2)c2ccccc2)cc1.COc1ccc([C@@H](c2ccccc2)[C@@H](B2O[C@@]3(C)c4cccc5cccc(c45)[C@@]3(C)O2)c2ccccc2)cc1. The van der Waals surface area contributed by atoms with Gasteiger partial charge in [-0.3, -0.25) is 0 Å². The van der Waals surface area contributed by atoms with E-state index in [2.05, 4.69) is 246 Å². The standard InChI is InChI=1S/2C35H31BO3/c2*1-34-29-18-10-16-25-17-11-19-30(32(25)29)35(34,2)39-36(38-34)33(27-14-8-5-9-15-27)31(24-12-6-4-7-13-24)26-20-22-28(37-3)23-21-26/h2*4-23,31,33H,1-3H3/t2*31-,33+,34-,35+/m11/s1. The summed E-state index contributed by atoms with van der Waals surface area (Å²) in [4.78, 5) is 0. The Balaban J connectivity index is 0.000000148. The number of rotatable bonds is 12. The molecular weight excluding hydrogens is 958 g/mol. The quantitative estimate of drug-likeness (QED) is 0.114. The first kappa shape index (κ1) is 49.8. The van der Waals surface area contributed by atoms with Gasteiger partial charge in [0, 0.05) is 23.5 Å². The lowest BCUT2D eigenvalue weighted by molar-refractivity contribution is -0.0222. The van der Waals surface area contributed by atoms with Crippen LogP contribution in [0, 0.1) is 0 Å². The van der Waals surface area contributed by atoms with Crippen molar-refractivity contribution in [2.45, 2.75) is 73.6 Å². The molecule has 0 aromatic heterocycles. The van der Waals surface area contributed by atoms with Crippen molar-refractivity contribution in [1.82, 2.24) is 0 Å². The van der Waals surface area contributed by atoms with Crippen molar-refractivity contribution in [3.05, 3.63) is 298 Å². The van der Waals surface area contributed by atoms with E-state index in [-0.39, 0.29) is 23.5 Å². The molecule has 78 heavy (non-hydrogen) atoms. The molecule has 384 valence electrons. The fourth-order valence-corrected chi connectivity index (χ4v) is 13.8. The zero-order chi connectivity index (χ0) is 53.2. The third kappa shape index (κ3) is 7.86. The van der Waals surface area contributed by atoms with Crippen molar-refractivity contribution in [2.24, 2.45) is 0 Å². The van der Waals surface area contributed by atoms with Crippen LogP contribution >= 0.6 is 0 Å². The molecule has 0 unspecified atom stereocenters. The highest BCUT2D eigenvalue weighted by atomic mass is 16.7. The molecule has 8 heteroatoms. The zero-order valence-corrected chi connectivity index (χ0v) is 45.0. The van der Waals surface area contributed by atoms with Gasteiger partial charge in [0.15, 0.2) is 0 Å². The van der Waals surface area contributed by atoms with Crippen LogP contribution < -0.4 is 9.47 Å². The molecule has 2 saturated heterocycles. The van der Waals surface area contributed by atoms with Gasteiger partial charge >= 0.3 is 14.2 Å². The van der Waals surface area contributed by atoms with Crippen LogP contribution in [0.5, 0.6) is 11.5 Å². The molecule has 0 saturated carbocycles. The summed E-state index contributed by atoms with van der Waals surface area (Å²) in [5, 5.41) is 4.97. The molecule has 10 aromatic rings. The van der Waals surface area contributed by atoms with Gasteiger partial charge in [-0.15, -0.1) is 0 Å². The van der Waals surface area contributed by atoms with Crippen LogP contribution in [-0.2, 0) is 41.0 Å². The molecule has 8 atom stereocenters. The zero-order valence-electron chi connectivity index (χ0n) is 45.0. The summed E-state index contributed by atoms with van der Waals surface area (Å²) in [7, 11) is 2.46. The van der Waals surface area contributed by atoms with Gasteiger partial charge in [-0.05, 0) is 129 Å². The number of fused-ring (bicyclic) bond motifs is 6. The molecule has 2 heterocycles. The largest absolute Gasteiger partial charge is 0.497 e. The second kappa shape index (κ2) is 19.6. The highest BCUT2D eigenvalue weighted by Crippen LogP contribution is 2.63. The second-order valence-electron chi connectivity index (χ2n) is 22.0. The van der Waals surface area contributed by atoms with Crippen LogP contribution in [0.3, 0.4) is 0 Å². The first-order valence-corrected chi connectivity index (χ1v) is 27.3. The Morgan fingerprint density at radius 2 is 0.551 bits per heavy atom. The Bertz CT molecular complexity index is 3420. The summed E-state index contributed by atoms with van der Waals surface area (Å²) in [6, 6.07) is 85.6. The maximum absolute atomic E-state index is 7.19. The molecular formula is C70H62B2O6. The maximum atomic E-state index is 7.19. The Morgan fingerprint density at radius 3 is 0.821 bits per heavy atom. The average molecular weight is 1020 g/mol. The molecule has 0 N–H and O–H groups in total. The number of hydrogen-bond acceptors (Lipinski definition) is 6. The number of hydrogen-bond donors (Lipinski definition) is 0. The molecule has 2 aliphatic carbocycles. The summed E-state index contributed by atoms with van der Waals surface area (Å²) in [6.07, 6.45) is 0. The van der Waals surface area contributed by atoms with Gasteiger partial charge in [0.25, 0.3) is 0 Å². The van der Waals surface area contributed by atoms with Crippen molar-refractivity contribution in [1.29, 1.82) is 0 Å². The Hall–Kier alpha value is -7.71. The number of methoxy groups -OCH3 is 2. The number of ether oxygens (including phenoxy) is 2. The minimum absolute atomic E-state index is 0.00145. The topological polar surface area (TPSA) is 55.4 Å². The van der Waals surface area contributed by atoms with Crippen molar-refractivity contribution < 1.29 is 28.1 Å². The molecule has 6 nitrogen and oxygen atoms in total. The van der Waals surface area contributed by atoms with E-state index >= 15 is 0 Å². The molecule has 2 aliphatic heterocycles. The first-order chi connectivity index (χ1) is 38.1. The maximum Gasteiger partial charge on any atom is 0.467 e. The van der Waals surface area contributed by atoms with Gasteiger partial charge in [0.05, 0.1) is 14.2 Å². The van der Waals surface area contributed by atoms with Gasteiger partial charge in [-0.25, -0.2) is 0 Å². The van der Waals surface area contributed by atoms with Gasteiger partial charge < -0.3 is 28.1 Å². The molecule has 14 rings (SSSR count). The molecule has 10 aromatic carbocycles.